The fourth-order valence-corrected chi connectivity index (χ4v) is 1.99. The average molecular weight is 231 g/mol. The van der Waals surface area contributed by atoms with Gasteiger partial charge in [-0.15, -0.1) is 0 Å². The number of H-pyrrole nitrogens is 1. The number of aromatic nitrogens is 2. The third-order valence-corrected chi connectivity index (χ3v) is 2.84. The highest BCUT2D eigenvalue weighted by Gasteiger charge is 2.08. The number of nitrogens with two attached hydrogens (primary N) is 1. The van der Waals surface area contributed by atoms with Crippen molar-refractivity contribution in [3.05, 3.63) is 52.2 Å². The minimum Gasteiger partial charge on any atom is -0.330 e. The average Bonchev–Trinajstić information content (AvgIpc) is 2.67. The van der Waals surface area contributed by atoms with E-state index < -0.39 is 0 Å². The number of rotatable bonds is 4. The van der Waals surface area contributed by atoms with Crippen molar-refractivity contribution < 1.29 is 0 Å². The Morgan fingerprint density at radius 3 is 2.76 bits per heavy atom. The van der Waals surface area contributed by atoms with E-state index in [1.54, 1.807) is 10.8 Å². The smallest absolute Gasteiger partial charge is 0.330 e. The summed E-state index contributed by atoms with van der Waals surface area (Å²) in [6, 6.07) is 7.94. The molecule has 0 fully saturated rings. The first-order valence-corrected chi connectivity index (χ1v) is 5.79. The highest BCUT2D eigenvalue weighted by Crippen LogP contribution is 2.15. The maximum absolute atomic E-state index is 11.7. The summed E-state index contributed by atoms with van der Waals surface area (Å²) in [5.74, 6) is 0. The highest BCUT2D eigenvalue weighted by atomic mass is 16.1. The topological polar surface area (TPSA) is 63.8 Å². The van der Waals surface area contributed by atoms with E-state index in [9.17, 15) is 4.79 Å². The molecule has 1 aromatic heterocycles. The Morgan fingerprint density at radius 2 is 2.12 bits per heavy atom. The normalized spacial score (nSPS) is 10.7. The van der Waals surface area contributed by atoms with Gasteiger partial charge in [0.2, 0.25) is 0 Å². The van der Waals surface area contributed by atoms with Gasteiger partial charge in [0.05, 0.1) is 5.69 Å². The number of aryl methyl sites for hydroxylation is 2. The van der Waals surface area contributed by atoms with E-state index in [4.69, 9.17) is 5.73 Å². The van der Waals surface area contributed by atoms with Crippen molar-refractivity contribution in [3.63, 3.8) is 0 Å². The van der Waals surface area contributed by atoms with Gasteiger partial charge in [-0.2, -0.15) is 0 Å². The molecule has 0 bridgehead atoms. The summed E-state index contributed by atoms with van der Waals surface area (Å²) in [4.78, 5) is 14.5. The maximum atomic E-state index is 11.7. The number of hydrogen-bond acceptors (Lipinski definition) is 2. The van der Waals surface area contributed by atoms with Crippen LogP contribution in [0, 0.1) is 6.92 Å². The van der Waals surface area contributed by atoms with E-state index in [0.717, 1.165) is 29.8 Å². The quantitative estimate of drug-likeness (QED) is 0.834. The number of nitrogens with one attached hydrogen (secondary N) is 1. The standard InChI is InChI=1S/C13H17N3O/c1-10-9-15-13(17)16(10)12-7-3-2-5-11(12)6-4-8-14/h2-3,5,7,9H,4,6,8,14H2,1H3,(H,15,17). The van der Waals surface area contributed by atoms with Gasteiger partial charge in [0.15, 0.2) is 0 Å². The van der Waals surface area contributed by atoms with Crippen molar-refractivity contribution in [1.82, 2.24) is 9.55 Å². The van der Waals surface area contributed by atoms with Crippen LogP contribution in [0.3, 0.4) is 0 Å². The Balaban J connectivity index is 2.48. The lowest BCUT2D eigenvalue weighted by atomic mass is 10.1. The van der Waals surface area contributed by atoms with Gasteiger partial charge in [0.25, 0.3) is 0 Å². The van der Waals surface area contributed by atoms with E-state index in [-0.39, 0.29) is 5.69 Å². The predicted molar refractivity (Wildman–Crippen MR) is 68.5 cm³/mol. The molecule has 2 aromatic rings. The van der Waals surface area contributed by atoms with Gasteiger partial charge in [-0.05, 0) is 37.9 Å². The fourth-order valence-electron chi connectivity index (χ4n) is 1.99. The summed E-state index contributed by atoms with van der Waals surface area (Å²) in [5.41, 5.74) is 8.45. The highest BCUT2D eigenvalue weighted by molar-refractivity contribution is 5.42. The van der Waals surface area contributed by atoms with Crippen LogP contribution in [0.25, 0.3) is 5.69 Å². The fraction of sp³-hybridized carbons (Fsp3) is 0.308. The van der Waals surface area contributed by atoms with Crippen molar-refractivity contribution in [2.24, 2.45) is 5.73 Å². The van der Waals surface area contributed by atoms with Crippen LogP contribution < -0.4 is 11.4 Å². The van der Waals surface area contributed by atoms with Crippen molar-refractivity contribution in [1.29, 1.82) is 0 Å². The van der Waals surface area contributed by atoms with Crippen LogP contribution in [0.15, 0.2) is 35.3 Å². The Hall–Kier alpha value is -1.81. The van der Waals surface area contributed by atoms with Crippen molar-refractivity contribution in [2.45, 2.75) is 19.8 Å². The molecule has 0 aliphatic carbocycles. The lowest BCUT2D eigenvalue weighted by Gasteiger charge is -2.10. The van der Waals surface area contributed by atoms with Crippen molar-refractivity contribution >= 4 is 0 Å². The molecule has 0 radical (unpaired) electrons. The summed E-state index contributed by atoms with van der Waals surface area (Å²) in [7, 11) is 0. The van der Waals surface area contributed by atoms with Crippen LogP contribution in [0.4, 0.5) is 0 Å². The third-order valence-electron chi connectivity index (χ3n) is 2.84. The molecule has 0 aliphatic heterocycles. The van der Waals surface area contributed by atoms with Crippen molar-refractivity contribution in [2.75, 3.05) is 6.54 Å². The number of para-hydroxylation sites is 1. The first-order valence-electron chi connectivity index (χ1n) is 5.79. The second-order valence-electron chi connectivity index (χ2n) is 4.09. The Labute approximate surface area is 100 Å². The maximum Gasteiger partial charge on any atom is 0.330 e. The number of aromatic amines is 1. The molecule has 1 heterocycles. The van der Waals surface area contributed by atoms with E-state index in [1.165, 1.54) is 0 Å². The Morgan fingerprint density at radius 1 is 1.35 bits per heavy atom. The minimum absolute atomic E-state index is 0.0947. The summed E-state index contributed by atoms with van der Waals surface area (Å²) in [5, 5.41) is 0. The van der Waals surface area contributed by atoms with E-state index in [0.29, 0.717) is 6.54 Å². The van der Waals surface area contributed by atoms with Gasteiger partial charge in [0, 0.05) is 11.9 Å². The lowest BCUT2D eigenvalue weighted by molar-refractivity contribution is 0.817. The molecule has 0 spiro atoms. The van der Waals surface area contributed by atoms with Gasteiger partial charge in [-0.1, -0.05) is 18.2 Å². The summed E-state index contributed by atoms with van der Waals surface area (Å²) in [6.07, 6.45) is 3.54. The molecule has 90 valence electrons. The van der Waals surface area contributed by atoms with Crippen LogP contribution >= 0.6 is 0 Å². The second kappa shape index (κ2) is 5.01. The van der Waals surface area contributed by atoms with Crippen LogP contribution in [-0.4, -0.2) is 16.1 Å². The molecule has 0 saturated heterocycles. The van der Waals surface area contributed by atoms with Crippen LogP contribution in [0.2, 0.25) is 0 Å². The molecule has 3 N–H and O–H groups in total. The second-order valence-corrected chi connectivity index (χ2v) is 4.09. The van der Waals surface area contributed by atoms with Gasteiger partial charge in [-0.3, -0.25) is 4.57 Å². The molecule has 1 aromatic carbocycles. The zero-order valence-electron chi connectivity index (χ0n) is 9.94. The van der Waals surface area contributed by atoms with E-state index in [2.05, 4.69) is 4.98 Å². The van der Waals surface area contributed by atoms with E-state index >= 15 is 0 Å². The Kier molecular flexibility index (Phi) is 3.44. The molecule has 0 saturated carbocycles. The zero-order chi connectivity index (χ0) is 12.3. The number of benzene rings is 1. The minimum atomic E-state index is -0.0947. The summed E-state index contributed by atoms with van der Waals surface area (Å²) in [6.45, 7) is 2.58. The molecule has 2 rings (SSSR count). The number of nitrogens with zero attached hydrogens (tertiary/aromatic N) is 1. The molecule has 0 unspecified atom stereocenters. The molecule has 4 heteroatoms. The SMILES string of the molecule is Cc1c[nH]c(=O)n1-c1ccccc1CCCN. The van der Waals surface area contributed by atoms with Gasteiger partial charge < -0.3 is 10.7 Å². The lowest BCUT2D eigenvalue weighted by Crippen LogP contribution is -2.17. The molecule has 4 nitrogen and oxygen atoms in total. The molecule has 0 aliphatic rings. The largest absolute Gasteiger partial charge is 0.330 e. The van der Waals surface area contributed by atoms with Crippen LogP contribution in [-0.2, 0) is 6.42 Å². The molecular weight excluding hydrogens is 214 g/mol. The molecule has 0 amide bonds. The van der Waals surface area contributed by atoms with Gasteiger partial charge in [-0.25, -0.2) is 4.79 Å². The van der Waals surface area contributed by atoms with Crippen molar-refractivity contribution in [3.8, 4) is 5.69 Å². The van der Waals surface area contributed by atoms with Crippen LogP contribution in [0.5, 0.6) is 0 Å². The first-order chi connectivity index (χ1) is 8.24. The monoisotopic (exact) mass is 231 g/mol. The molecule has 0 atom stereocenters. The van der Waals surface area contributed by atoms with Crippen LogP contribution in [0.1, 0.15) is 17.7 Å². The van der Waals surface area contributed by atoms with Gasteiger partial charge >= 0.3 is 5.69 Å². The molecule has 17 heavy (non-hydrogen) atoms. The zero-order valence-corrected chi connectivity index (χ0v) is 9.94. The number of hydrogen-bond donors (Lipinski definition) is 2. The van der Waals surface area contributed by atoms with E-state index in [1.807, 2.05) is 31.2 Å². The van der Waals surface area contributed by atoms with Gasteiger partial charge in [0.1, 0.15) is 0 Å². The molecular formula is C13H17N3O. The summed E-state index contributed by atoms with van der Waals surface area (Å²) >= 11 is 0. The Bertz CT molecular complexity index is 554. The summed E-state index contributed by atoms with van der Waals surface area (Å²) < 4.78 is 1.70. The predicted octanol–water partition coefficient (Wildman–Crippen LogP) is 1.37. The number of imidazole rings is 1. The first kappa shape index (κ1) is 11.7. The third kappa shape index (κ3) is 2.31.